The van der Waals surface area contributed by atoms with Gasteiger partial charge in [-0.25, -0.2) is 13.2 Å². The molecule has 0 bridgehead atoms. The van der Waals surface area contributed by atoms with E-state index in [1.54, 1.807) is 29.5 Å². The number of nitrogens with zero attached hydrogens (tertiary/aromatic N) is 1. The number of carbonyl (C=O) groups excluding carboxylic acids is 1. The molecule has 128 valence electrons. The summed E-state index contributed by atoms with van der Waals surface area (Å²) in [7, 11) is -3.33. The maximum atomic E-state index is 12.1. The lowest BCUT2D eigenvalue weighted by Crippen LogP contribution is -2.28. The van der Waals surface area contributed by atoms with Crippen LogP contribution in [-0.4, -0.2) is 26.7 Å². The Balaban J connectivity index is 1.70. The van der Waals surface area contributed by atoms with Crippen molar-refractivity contribution < 1.29 is 13.2 Å². The van der Waals surface area contributed by atoms with Gasteiger partial charge in [-0.3, -0.25) is 4.31 Å². The van der Waals surface area contributed by atoms with Gasteiger partial charge in [-0.05, 0) is 36.1 Å². The quantitative estimate of drug-likeness (QED) is 0.847. The van der Waals surface area contributed by atoms with E-state index >= 15 is 0 Å². The number of nitrogens with one attached hydrogen (secondary N) is 2. The first-order valence-corrected chi connectivity index (χ1v) is 10.2. The zero-order valence-corrected chi connectivity index (χ0v) is 15.0. The lowest BCUT2D eigenvalue weighted by atomic mass is 10.2. The maximum Gasteiger partial charge on any atom is 0.319 e. The molecule has 0 aliphatic carbocycles. The van der Waals surface area contributed by atoms with Gasteiger partial charge in [-0.2, -0.15) is 0 Å². The van der Waals surface area contributed by atoms with Gasteiger partial charge in [0.2, 0.25) is 10.0 Å². The van der Waals surface area contributed by atoms with Crippen molar-refractivity contribution in [3.8, 4) is 0 Å². The third kappa shape index (κ3) is 3.82. The Kier molecular flexibility index (Phi) is 4.98. The van der Waals surface area contributed by atoms with Crippen molar-refractivity contribution in [3.05, 3.63) is 45.6 Å². The second-order valence-corrected chi connectivity index (χ2v) is 8.75. The fourth-order valence-electron chi connectivity index (χ4n) is 2.45. The van der Waals surface area contributed by atoms with Gasteiger partial charge in [-0.1, -0.05) is 17.7 Å². The van der Waals surface area contributed by atoms with E-state index in [1.807, 2.05) is 17.5 Å². The van der Waals surface area contributed by atoms with Crippen molar-refractivity contribution in [2.45, 2.75) is 13.0 Å². The lowest BCUT2D eigenvalue weighted by Gasteiger charge is -2.19. The van der Waals surface area contributed by atoms with Crippen LogP contribution in [0.3, 0.4) is 0 Å². The fraction of sp³-hybridized carbons (Fsp3) is 0.267. The number of hydrogen-bond donors (Lipinski definition) is 2. The first-order valence-electron chi connectivity index (χ1n) is 7.33. The molecule has 0 spiro atoms. The molecule has 0 atom stereocenters. The maximum absolute atomic E-state index is 12.1. The highest BCUT2D eigenvalue weighted by Gasteiger charge is 2.30. The van der Waals surface area contributed by atoms with Crippen molar-refractivity contribution in [3.63, 3.8) is 0 Å². The number of benzene rings is 1. The minimum atomic E-state index is -3.33. The molecule has 2 aromatic rings. The van der Waals surface area contributed by atoms with Crippen molar-refractivity contribution in [1.29, 1.82) is 0 Å². The number of rotatable bonds is 4. The van der Waals surface area contributed by atoms with E-state index in [2.05, 4.69) is 10.6 Å². The van der Waals surface area contributed by atoms with Crippen molar-refractivity contribution >= 4 is 50.4 Å². The van der Waals surface area contributed by atoms with Crippen LogP contribution in [0.5, 0.6) is 0 Å². The number of anilines is 2. The van der Waals surface area contributed by atoms with Crippen LogP contribution < -0.4 is 14.9 Å². The molecule has 0 unspecified atom stereocenters. The van der Waals surface area contributed by atoms with Crippen molar-refractivity contribution in [2.75, 3.05) is 21.9 Å². The summed E-state index contributed by atoms with van der Waals surface area (Å²) in [4.78, 5) is 13.0. The highest BCUT2D eigenvalue weighted by molar-refractivity contribution is 7.93. The highest BCUT2D eigenvalue weighted by atomic mass is 35.5. The van der Waals surface area contributed by atoms with Crippen LogP contribution in [0.2, 0.25) is 5.02 Å². The molecule has 9 heteroatoms. The molecule has 1 aliphatic rings. The van der Waals surface area contributed by atoms with Gasteiger partial charge in [0.15, 0.2) is 0 Å². The predicted molar refractivity (Wildman–Crippen MR) is 97.4 cm³/mol. The zero-order chi connectivity index (χ0) is 17.2. The summed E-state index contributed by atoms with van der Waals surface area (Å²) in [5.74, 6) is 0.113. The molecule has 0 saturated carbocycles. The molecular weight excluding hydrogens is 370 g/mol. The molecule has 1 saturated heterocycles. The molecule has 0 radical (unpaired) electrons. The number of sulfonamides is 1. The zero-order valence-electron chi connectivity index (χ0n) is 12.7. The molecule has 2 amide bonds. The van der Waals surface area contributed by atoms with E-state index in [0.717, 1.165) is 4.88 Å². The van der Waals surface area contributed by atoms with Crippen molar-refractivity contribution in [1.82, 2.24) is 5.32 Å². The van der Waals surface area contributed by atoms with Crippen LogP contribution in [0.25, 0.3) is 0 Å². The lowest BCUT2D eigenvalue weighted by molar-refractivity contribution is 0.252. The summed E-state index contributed by atoms with van der Waals surface area (Å²) in [5, 5.41) is 7.73. The SMILES string of the molecule is O=C(NCc1cccs1)Nc1ccc(Cl)c(N2CCCS2(=O)=O)c1. The summed E-state index contributed by atoms with van der Waals surface area (Å²) < 4.78 is 25.4. The standard InChI is InChI=1S/C15H16ClN3O3S2/c16-13-5-4-11(9-14(13)19-6-2-8-24(19,21)22)18-15(20)17-10-12-3-1-7-23-12/h1,3-5,7,9H,2,6,8,10H2,(H2,17,18,20). The van der Waals surface area contributed by atoms with Crippen LogP contribution in [0.4, 0.5) is 16.2 Å². The van der Waals surface area contributed by atoms with Crippen LogP contribution in [0.1, 0.15) is 11.3 Å². The normalized spacial score (nSPS) is 16.1. The molecule has 1 fully saturated rings. The largest absolute Gasteiger partial charge is 0.333 e. The first kappa shape index (κ1) is 17.1. The molecule has 6 nitrogen and oxygen atoms in total. The third-order valence-corrected chi connectivity index (χ3v) is 6.63. The summed E-state index contributed by atoms with van der Waals surface area (Å²) in [6.07, 6.45) is 0.567. The molecule has 24 heavy (non-hydrogen) atoms. The van der Waals surface area contributed by atoms with Crippen molar-refractivity contribution in [2.24, 2.45) is 0 Å². The number of hydrogen-bond acceptors (Lipinski definition) is 4. The topological polar surface area (TPSA) is 78.5 Å². The van der Waals surface area contributed by atoms with Gasteiger partial charge >= 0.3 is 6.03 Å². The Morgan fingerprint density at radius 1 is 1.33 bits per heavy atom. The third-order valence-electron chi connectivity index (χ3n) is 3.58. The van der Waals surface area contributed by atoms with Gasteiger partial charge in [0.25, 0.3) is 0 Å². The Hall–Kier alpha value is -1.77. The Labute approximate surface area is 149 Å². The van der Waals surface area contributed by atoms with E-state index in [0.29, 0.717) is 35.9 Å². The van der Waals surface area contributed by atoms with E-state index in [4.69, 9.17) is 11.6 Å². The van der Waals surface area contributed by atoms with E-state index < -0.39 is 10.0 Å². The van der Waals surface area contributed by atoms with E-state index in [1.165, 1.54) is 4.31 Å². The monoisotopic (exact) mass is 385 g/mol. The second kappa shape index (κ2) is 7.00. The van der Waals surface area contributed by atoms with Gasteiger partial charge in [0.05, 0.1) is 23.0 Å². The summed E-state index contributed by atoms with van der Waals surface area (Å²) in [5.41, 5.74) is 0.880. The molecule has 3 rings (SSSR count). The smallest absolute Gasteiger partial charge is 0.319 e. The van der Waals surface area contributed by atoms with E-state index in [-0.39, 0.29) is 11.8 Å². The average molecular weight is 386 g/mol. The van der Waals surface area contributed by atoms with Gasteiger partial charge in [-0.15, -0.1) is 11.3 Å². The van der Waals surface area contributed by atoms with Gasteiger partial charge < -0.3 is 10.6 Å². The molecule has 2 N–H and O–H groups in total. The molecule has 2 heterocycles. The van der Waals surface area contributed by atoms with Crippen LogP contribution in [0.15, 0.2) is 35.7 Å². The highest BCUT2D eigenvalue weighted by Crippen LogP contribution is 2.33. The van der Waals surface area contributed by atoms with Crippen LogP contribution in [0, 0.1) is 0 Å². The summed E-state index contributed by atoms with van der Waals surface area (Å²) in [6.45, 7) is 0.834. The number of urea groups is 1. The fourth-order valence-corrected chi connectivity index (χ4v) is 4.93. The van der Waals surface area contributed by atoms with Crippen LogP contribution >= 0.6 is 22.9 Å². The number of amides is 2. The molecule has 1 aliphatic heterocycles. The minimum Gasteiger partial charge on any atom is -0.333 e. The number of carbonyl (C=O) groups is 1. The van der Waals surface area contributed by atoms with Gasteiger partial charge in [0, 0.05) is 17.1 Å². The Bertz CT molecular complexity index is 838. The summed E-state index contributed by atoms with van der Waals surface area (Å²) in [6, 6.07) is 8.29. The number of halogens is 1. The minimum absolute atomic E-state index is 0.113. The molecule has 1 aromatic heterocycles. The molecule has 1 aromatic carbocycles. The van der Waals surface area contributed by atoms with Crippen LogP contribution in [-0.2, 0) is 16.6 Å². The Morgan fingerprint density at radius 2 is 2.17 bits per heavy atom. The Morgan fingerprint density at radius 3 is 2.83 bits per heavy atom. The summed E-state index contributed by atoms with van der Waals surface area (Å²) >= 11 is 7.69. The van der Waals surface area contributed by atoms with Gasteiger partial charge in [0.1, 0.15) is 0 Å². The first-order chi connectivity index (χ1) is 11.5. The second-order valence-electron chi connectivity index (χ2n) is 5.29. The number of thiophene rings is 1. The van der Waals surface area contributed by atoms with E-state index in [9.17, 15) is 13.2 Å². The molecular formula is C15H16ClN3O3S2. The average Bonchev–Trinajstić information content (AvgIpc) is 3.16. The predicted octanol–water partition coefficient (Wildman–Crippen LogP) is 3.26.